The fraction of sp³-hybridized carbons (Fsp3) is 0. The molecule has 0 saturated carbocycles. The van der Waals surface area contributed by atoms with Gasteiger partial charge in [-0.3, -0.25) is 0 Å². The van der Waals surface area contributed by atoms with Crippen molar-refractivity contribution < 1.29 is 54.0 Å². The molecular formula is CH5NaO5S. The molecular weight excluding hydrogens is 147 g/mol. The molecule has 0 atom stereocenters. The Balaban J connectivity index is -0.0000000147. The minimum Gasteiger partial charge on any atom is -0.727 e. The quantitative estimate of drug-likeness (QED) is 0.143. The average molecular weight is 152 g/mol. The zero-order chi connectivity index (χ0) is 6.71. The van der Waals surface area contributed by atoms with Crippen LogP contribution in [0.2, 0.25) is 0 Å². The maximum atomic E-state index is 8.00. The van der Waals surface area contributed by atoms with Crippen LogP contribution in [0, 0.1) is 0 Å². The molecule has 0 radical (unpaired) electrons. The first-order valence-corrected chi connectivity index (χ1v) is 1.57. The van der Waals surface area contributed by atoms with Gasteiger partial charge >= 0.3 is 29.6 Å². The van der Waals surface area contributed by atoms with E-state index in [4.69, 9.17) is 24.4 Å². The molecule has 0 fully saturated rings. The molecule has 0 aromatic rings. The molecule has 0 saturated heterocycles. The van der Waals surface area contributed by atoms with Gasteiger partial charge in [0.2, 0.25) is 0 Å². The topological polar surface area (TPSA) is 101 Å². The summed E-state index contributed by atoms with van der Waals surface area (Å²) in [5, 5.41) is 13.0. The molecule has 0 rings (SSSR count). The number of hydrogen-bond donors (Lipinski definition) is 3. The van der Waals surface area contributed by atoms with Gasteiger partial charge in [0, 0.05) is 0 Å². The molecule has 7 heteroatoms. The van der Waals surface area contributed by atoms with Crippen LogP contribution in [0.3, 0.4) is 0 Å². The largest absolute Gasteiger partial charge is 1.00 e. The maximum absolute atomic E-state index is 8.00. The van der Waals surface area contributed by atoms with E-state index < -0.39 is 0 Å². The van der Waals surface area contributed by atoms with Gasteiger partial charge in [-0.05, 0) is 0 Å². The fourth-order valence-corrected chi connectivity index (χ4v) is 0. The van der Waals surface area contributed by atoms with Crippen molar-refractivity contribution in [2.75, 3.05) is 0 Å². The smallest absolute Gasteiger partial charge is 0.727 e. The number of carbonyl (C=O) groups excluding carboxylic acids is 1. The van der Waals surface area contributed by atoms with E-state index in [0.29, 0.717) is 0 Å². The fourth-order valence-electron chi connectivity index (χ4n) is 0. The van der Waals surface area contributed by atoms with E-state index in [1.54, 1.807) is 0 Å². The molecule has 0 amide bonds. The molecule has 8 heavy (non-hydrogen) atoms. The van der Waals surface area contributed by atoms with Gasteiger partial charge < -0.3 is 24.4 Å². The second-order valence-electron chi connectivity index (χ2n) is 0.0816. The Morgan fingerprint density at radius 3 is 1.25 bits per heavy atom. The first kappa shape index (κ1) is 23.2. The first-order valence-electron chi connectivity index (χ1n) is 0.836. The molecule has 0 aliphatic carbocycles. The third-order valence-corrected chi connectivity index (χ3v) is 0. The van der Waals surface area contributed by atoms with E-state index in [1.807, 2.05) is 6.79 Å². The van der Waals surface area contributed by atoms with Crippen molar-refractivity contribution >= 4 is 19.1 Å². The van der Waals surface area contributed by atoms with Crippen LogP contribution >= 0.6 is 12.3 Å². The predicted molar refractivity (Wildman–Crippen MR) is 22.6 cm³/mol. The number of rotatable bonds is 0. The van der Waals surface area contributed by atoms with Crippen molar-refractivity contribution in [1.29, 1.82) is 0 Å². The van der Waals surface area contributed by atoms with Crippen LogP contribution in [0.5, 0.6) is 0 Å². The van der Waals surface area contributed by atoms with E-state index >= 15 is 0 Å². The Morgan fingerprint density at radius 2 is 1.25 bits per heavy atom. The molecule has 3 N–H and O–H groups in total. The van der Waals surface area contributed by atoms with Gasteiger partial charge in [0.1, 0.15) is 6.79 Å². The summed E-state index contributed by atoms with van der Waals surface area (Å²) in [6.45, 7) is 2.00. The van der Waals surface area contributed by atoms with Gasteiger partial charge in [0.05, 0.1) is 0 Å². The van der Waals surface area contributed by atoms with Crippen LogP contribution in [0.4, 0.5) is 0 Å². The van der Waals surface area contributed by atoms with E-state index in [0.717, 1.165) is 0 Å². The van der Waals surface area contributed by atoms with Crippen LogP contribution in [-0.2, 0) is 4.79 Å². The zero-order valence-electron chi connectivity index (χ0n) is 4.27. The minimum atomic E-state index is -0.250. The van der Waals surface area contributed by atoms with E-state index in [1.165, 1.54) is 0 Å². The first-order chi connectivity index (χ1) is 3.41. The molecule has 0 aromatic carbocycles. The second-order valence-corrected chi connectivity index (χ2v) is 0.245. The van der Waals surface area contributed by atoms with E-state index in [-0.39, 0.29) is 41.9 Å². The molecule has 0 bridgehead atoms. The van der Waals surface area contributed by atoms with Gasteiger partial charge in [-0.1, -0.05) is 0 Å². The average Bonchev–Trinajstić information content (AvgIpc) is 1.78. The normalized spacial score (nSPS) is 3.50. The molecule has 0 aliphatic heterocycles. The molecule has 0 spiro atoms. The van der Waals surface area contributed by atoms with Crippen LogP contribution in [0.1, 0.15) is 0 Å². The Hall–Kier alpha value is 0.860. The van der Waals surface area contributed by atoms with Gasteiger partial charge in [0.15, 0.2) is 12.3 Å². The third kappa shape index (κ3) is 319. The molecule has 0 aromatic heterocycles. The molecule has 0 aliphatic rings. The Morgan fingerprint density at radius 1 is 1.25 bits per heavy atom. The van der Waals surface area contributed by atoms with Crippen molar-refractivity contribution in [3.05, 3.63) is 0 Å². The Kier molecular flexibility index (Phi) is 310. The van der Waals surface area contributed by atoms with E-state index in [2.05, 4.69) is 0 Å². The van der Waals surface area contributed by atoms with Crippen molar-refractivity contribution in [2.24, 2.45) is 0 Å². The summed E-state index contributed by atoms with van der Waals surface area (Å²) >= 11 is -0.250. The zero-order valence-corrected chi connectivity index (χ0v) is 7.09. The minimum absolute atomic E-state index is 0. The molecule has 0 heterocycles. The molecule has 5 nitrogen and oxygen atoms in total. The maximum Gasteiger partial charge on any atom is 1.00 e. The Bertz CT molecular complexity index is 16.4. The van der Waals surface area contributed by atoms with Crippen LogP contribution in [0.15, 0.2) is 0 Å². The van der Waals surface area contributed by atoms with Crippen LogP contribution in [-0.4, -0.2) is 21.2 Å². The van der Waals surface area contributed by atoms with Crippen LogP contribution < -0.4 is 34.8 Å². The molecule has 0 unspecified atom stereocenters. The van der Waals surface area contributed by atoms with Gasteiger partial charge in [-0.25, -0.2) is 0 Å². The van der Waals surface area contributed by atoms with Crippen LogP contribution in [0.25, 0.3) is 0 Å². The summed E-state index contributed by atoms with van der Waals surface area (Å²) in [4.78, 5) is 8.00. The van der Waals surface area contributed by atoms with Crippen molar-refractivity contribution in [3.63, 3.8) is 0 Å². The van der Waals surface area contributed by atoms with E-state index in [9.17, 15) is 0 Å². The summed E-state index contributed by atoms with van der Waals surface area (Å²) in [7, 11) is 0. The SMILES string of the molecule is C=O.OSO.[Na+].[O-]O. The van der Waals surface area contributed by atoms with Gasteiger partial charge in [0.25, 0.3) is 0 Å². The van der Waals surface area contributed by atoms with Gasteiger partial charge in [-0.15, -0.1) is 0 Å². The summed E-state index contributed by atoms with van der Waals surface area (Å²) in [5.74, 6) is 0. The van der Waals surface area contributed by atoms with Crippen molar-refractivity contribution in [2.45, 2.75) is 0 Å². The Labute approximate surface area is 73.0 Å². The summed E-state index contributed by atoms with van der Waals surface area (Å²) in [5.41, 5.74) is 0. The summed E-state index contributed by atoms with van der Waals surface area (Å²) in [6, 6.07) is 0. The summed E-state index contributed by atoms with van der Waals surface area (Å²) in [6.07, 6.45) is 0. The number of carbonyl (C=O) groups is 1. The number of hydrogen-bond acceptors (Lipinski definition) is 6. The van der Waals surface area contributed by atoms with Crippen molar-refractivity contribution in [3.8, 4) is 0 Å². The second kappa shape index (κ2) is 107. The molecule has 46 valence electrons. The monoisotopic (exact) mass is 152 g/mol. The standard InChI is InChI=1S/CH2O.Na.H2O2S.H2O2/c1-2;;1-3-2;1-2/h1H2;;1-2H;1-2H/q;+1;;/p-1. The van der Waals surface area contributed by atoms with Crippen molar-refractivity contribution in [1.82, 2.24) is 0 Å². The van der Waals surface area contributed by atoms with Gasteiger partial charge in [-0.2, -0.15) is 0 Å². The predicted octanol–water partition coefficient (Wildman–Crippen LogP) is -3.70. The summed E-state index contributed by atoms with van der Waals surface area (Å²) < 4.78 is 14.1. The third-order valence-electron chi connectivity index (χ3n) is 0.